The summed E-state index contributed by atoms with van der Waals surface area (Å²) in [5.41, 5.74) is 0. The van der Waals surface area contributed by atoms with Crippen LogP contribution < -0.4 is 0 Å². The Morgan fingerprint density at radius 1 is 1.62 bits per heavy atom. The van der Waals surface area contributed by atoms with Crippen LogP contribution in [0.5, 0.6) is 0 Å². The number of alkyl halides is 1. The summed E-state index contributed by atoms with van der Waals surface area (Å²) in [4.78, 5) is 0. The van der Waals surface area contributed by atoms with Crippen molar-refractivity contribution < 1.29 is 8.42 Å². The van der Waals surface area contributed by atoms with E-state index in [4.69, 9.17) is 5.26 Å². The molecule has 0 radical (unpaired) electrons. The summed E-state index contributed by atoms with van der Waals surface area (Å²) in [6, 6.07) is 2.24. The summed E-state index contributed by atoms with van der Waals surface area (Å²) < 4.78 is 24.3. The number of piperidine rings is 1. The lowest BCUT2D eigenvalue weighted by molar-refractivity contribution is 0.247. The normalized spacial score (nSPS) is 24.9. The Morgan fingerprint density at radius 3 is 2.81 bits per heavy atom. The van der Waals surface area contributed by atoms with E-state index in [9.17, 15) is 8.42 Å². The maximum atomic E-state index is 11.4. The van der Waals surface area contributed by atoms with Gasteiger partial charge in [0, 0.05) is 18.4 Å². The largest absolute Gasteiger partial charge is 0.213 e. The minimum atomic E-state index is -3.07. The molecule has 1 fully saturated rings. The van der Waals surface area contributed by atoms with Gasteiger partial charge in [-0.1, -0.05) is 15.9 Å². The highest BCUT2D eigenvalue weighted by atomic mass is 79.9. The molecule has 0 aromatic rings. The highest BCUT2D eigenvalue weighted by Gasteiger charge is 2.27. The van der Waals surface area contributed by atoms with E-state index in [1.807, 2.05) is 0 Å². The highest BCUT2D eigenvalue weighted by molar-refractivity contribution is 9.09. The van der Waals surface area contributed by atoms with Gasteiger partial charge in [-0.3, -0.25) is 0 Å². The van der Waals surface area contributed by atoms with Gasteiger partial charge in [0.15, 0.2) is 0 Å². The Bertz CT molecular complexity index is 364. The summed E-state index contributed by atoms with van der Waals surface area (Å²) >= 11 is 3.30. The average molecular weight is 309 g/mol. The standard InChI is InChI=1S/C10H17BrN2O2S/c1-16(14,15)13-4-2-3-9(8-13)5-10(6-11)7-12/h9-10H,2-6,8H2,1H3. The van der Waals surface area contributed by atoms with Crippen molar-refractivity contribution in [2.45, 2.75) is 19.3 Å². The van der Waals surface area contributed by atoms with Crippen LogP contribution in [-0.2, 0) is 10.0 Å². The van der Waals surface area contributed by atoms with Crippen LogP contribution in [0.4, 0.5) is 0 Å². The van der Waals surface area contributed by atoms with Gasteiger partial charge in [0.1, 0.15) is 0 Å². The Morgan fingerprint density at radius 2 is 2.31 bits per heavy atom. The van der Waals surface area contributed by atoms with Gasteiger partial charge in [-0.15, -0.1) is 0 Å². The van der Waals surface area contributed by atoms with Crippen LogP contribution >= 0.6 is 15.9 Å². The molecule has 16 heavy (non-hydrogen) atoms. The summed E-state index contributed by atoms with van der Waals surface area (Å²) in [5.74, 6) is 0.315. The number of sulfonamides is 1. The van der Waals surface area contributed by atoms with E-state index >= 15 is 0 Å². The fourth-order valence-corrected chi connectivity index (χ4v) is 3.42. The zero-order valence-electron chi connectivity index (χ0n) is 9.39. The number of nitrogens with zero attached hydrogens (tertiary/aromatic N) is 2. The third-order valence-electron chi connectivity index (χ3n) is 2.94. The van der Waals surface area contributed by atoms with Crippen molar-refractivity contribution in [1.82, 2.24) is 4.31 Å². The van der Waals surface area contributed by atoms with E-state index < -0.39 is 10.0 Å². The maximum absolute atomic E-state index is 11.4. The summed E-state index contributed by atoms with van der Waals surface area (Å²) in [6.07, 6.45) is 3.96. The molecule has 4 nitrogen and oxygen atoms in total. The van der Waals surface area contributed by atoms with Gasteiger partial charge < -0.3 is 0 Å². The van der Waals surface area contributed by atoms with Gasteiger partial charge in [-0.05, 0) is 25.2 Å². The fourth-order valence-electron chi connectivity index (χ4n) is 2.07. The van der Waals surface area contributed by atoms with Crippen LogP contribution in [0.15, 0.2) is 0 Å². The van der Waals surface area contributed by atoms with Crippen LogP contribution in [0.1, 0.15) is 19.3 Å². The lowest BCUT2D eigenvalue weighted by Crippen LogP contribution is -2.39. The molecule has 0 aliphatic carbocycles. The number of hydrogen-bond donors (Lipinski definition) is 0. The SMILES string of the molecule is CS(=O)(=O)N1CCCC(CC(C#N)CBr)C1. The second-order valence-corrected chi connectivity index (χ2v) is 6.98. The van der Waals surface area contributed by atoms with Gasteiger partial charge in [0.25, 0.3) is 0 Å². The van der Waals surface area contributed by atoms with Gasteiger partial charge in [-0.25, -0.2) is 12.7 Å². The van der Waals surface area contributed by atoms with Crippen LogP contribution in [0.2, 0.25) is 0 Å². The molecule has 92 valence electrons. The first kappa shape index (κ1) is 13.9. The zero-order valence-corrected chi connectivity index (χ0v) is 11.8. The Kier molecular flexibility index (Phi) is 5.22. The van der Waals surface area contributed by atoms with Gasteiger partial charge >= 0.3 is 0 Å². The van der Waals surface area contributed by atoms with E-state index in [0.29, 0.717) is 24.3 Å². The molecule has 0 bridgehead atoms. The quantitative estimate of drug-likeness (QED) is 0.741. The lowest BCUT2D eigenvalue weighted by Gasteiger charge is -2.31. The first-order valence-corrected chi connectivity index (χ1v) is 8.35. The molecule has 0 aromatic carbocycles. The molecule has 6 heteroatoms. The van der Waals surface area contributed by atoms with Crippen molar-refractivity contribution in [2.24, 2.45) is 11.8 Å². The maximum Gasteiger partial charge on any atom is 0.211 e. The number of nitriles is 1. The molecule has 2 unspecified atom stereocenters. The third-order valence-corrected chi connectivity index (χ3v) is 4.99. The van der Waals surface area contributed by atoms with E-state index in [1.165, 1.54) is 10.6 Å². The number of rotatable bonds is 4. The summed E-state index contributed by atoms with van der Waals surface area (Å²) in [5, 5.41) is 9.54. The molecule has 1 saturated heterocycles. The van der Waals surface area contributed by atoms with Gasteiger partial charge in [-0.2, -0.15) is 5.26 Å². The van der Waals surface area contributed by atoms with Crippen molar-refractivity contribution in [3.05, 3.63) is 0 Å². The van der Waals surface area contributed by atoms with Crippen molar-refractivity contribution >= 4 is 26.0 Å². The number of hydrogen-bond acceptors (Lipinski definition) is 3. The molecular formula is C10H17BrN2O2S. The minimum absolute atomic E-state index is 0.00971. The zero-order chi connectivity index (χ0) is 12.2. The molecular weight excluding hydrogens is 292 g/mol. The smallest absolute Gasteiger partial charge is 0.211 e. The average Bonchev–Trinajstić information content (AvgIpc) is 2.25. The molecule has 2 atom stereocenters. The van der Waals surface area contributed by atoms with Gasteiger partial charge in [0.2, 0.25) is 10.0 Å². The number of halogens is 1. The highest BCUT2D eigenvalue weighted by Crippen LogP contribution is 2.25. The fraction of sp³-hybridized carbons (Fsp3) is 0.900. The molecule has 0 aromatic heterocycles. The first-order valence-electron chi connectivity index (χ1n) is 5.38. The first-order chi connectivity index (χ1) is 7.47. The van der Waals surface area contributed by atoms with Crippen molar-refractivity contribution in [2.75, 3.05) is 24.7 Å². The van der Waals surface area contributed by atoms with E-state index in [0.717, 1.165) is 19.3 Å². The van der Waals surface area contributed by atoms with Crippen molar-refractivity contribution in [1.29, 1.82) is 5.26 Å². The van der Waals surface area contributed by atoms with Crippen LogP contribution in [0, 0.1) is 23.2 Å². The Labute approximate surface area is 106 Å². The predicted octanol–water partition coefficient (Wildman–Crippen LogP) is 1.58. The molecule has 0 amide bonds. The topological polar surface area (TPSA) is 61.2 Å². The van der Waals surface area contributed by atoms with Gasteiger partial charge in [0.05, 0.1) is 18.2 Å². The molecule has 1 aliphatic heterocycles. The lowest BCUT2D eigenvalue weighted by atomic mass is 9.90. The molecule has 0 spiro atoms. The Hall–Kier alpha value is -0.120. The summed E-state index contributed by atoms with van der Waals surface area (Å²) in [6.45, 7) is 1.20. The third kappa shape index (κ3) is 4.04. The molecule has 1 rings (SSSR count). The minimum Gasteiger partial charge on any atom is -0.213 e. The van der Waals surface area contributed by atoms with Crippen molar-refractivity contribution in [3.63, 3.8) is 0 Å². The summed E-state index contributed by atoms with van der Waals surface area (Å²) in [7, 11) is -3.07. The molecule has 0 N–H and O–H groups in total. The van der Waals surface area contributed by atoms with Crippen LogP contribution in [0.25, 0.3) is 0 Å². The molecule has 1 aliphatic rings. The van der Waals surface area contributed by atoms with E-state index in [2.05, 4.69) is 22.0 Å². The van der Waals surface area contributed by atoms with E-state index in [1.54, 1.807) is 0 Å². The monoisotopic (exact) mass is 308 g/mol. The van der Waals surface area contributed by atoms with Crippen molar-refractivity contribution in [3.8, 4) is 6.07 Å². The second-order valence-electron chi connectivity index (χ2n) is 4.35. The van der Waals surface area contributed by atoms with E-state index in [-0.39, 0.29) is 5.92 Å². The molecule has 0 saturated carbocycles. The van der Waals surface area contributed by atoms with Crippen LogP contribution in [0.3, 0.4) is 0 Å². The second kappa shape index (κ2) is 5.99. The molecule has 1 heterocycles. The Balaban J connectivity index is 2.55. The predicted molar refractivity (Wildman–Crippen MR) is 66.7 cm³/mol. The van der Waals surface area contributed by atoms with Crippen LogP contribution in [-0.4, -0.2) is 37.4 Å².